The fourth-order valence-electron chi connectivity index (χ4n) is 2.22. The summed E-state index contributed by atoms with van der Waals surface area (Å²) in [6, 6.07) is 7.52. The molecule has 0 spiro atoms. The van der Waals surface area contributed by atoms with E-state index in [9.17, 15) is 4.79 Å². The molecule has 2 aromatic rings. The van der Waals surface area contributed by atoms with E-state index in [4.69, 9.17) is 23.2 Å². The van der Waals surface area contributed by atoms with E-state index in [1.165, 1.54) is 0 Å². The zero-order valence-electron chi connectivity index (χ0n) is 12.6. The van der Waals surface area contributed by atoms with Crippen LogP contribution in [0.2, 0.25) is 10.0 Å². The van der Waals surface area contributed by atoms with Crippen LogP contribution in [0.5, 0.6) is 0 Å². The van der Waals surface area contributed by atoms with Gasteiger partial charge in [0.25, 0.3) is 0 Å². The Morgan fingerprint density at radius 3 is 2.45 bits per heavy atom. The summed E-state index contributed by atoms with van der Waals surface area (Å²) in [5.74, 6) is 0.355. The van der Waals surface area contributed by atoms with Crippen LogP contribution >= 0.6 is 23.2 Å². The zero-order valence-corrected chi connectivity index (χ0v) is 14.2. The quantitative estimate of drug-likeness (QED) is 0.834. The number of halogens is 2. The summed E-state index contributed by atoms with van der Waals surface area (Å²) in [5, 5.41) is 8.27. The lowest BCUT2D eigenvalue weighted by atomic mass is 10.0. The molecule has 22 heavy (non-hydrogen) atoms. The Labute approximate surface area is 140 Å². The van der Waals surface area contributed by atoms with Crippen molar-refractivity contribution < 1.29 is 4.79 Å². The van der Waals surface area contributed by atoms with Crippen molar-refractivity contribution in [1.29, 1.82) is 0 Å². The predicted molar refractivity (Wildman–Crippen MR) is 90.5 cm³/mol. The van der Waals surface area contributed by atoms with Gasteiger partial charge in [0.1, 0.15) is 5.02 Å². The zero-order chi connectivity index (χ0) is 16.1. The number of nitrogens with zero attached hydrogens (tertiary/aromatic N) is 2. The maximum atomic E-state index is 12.1. The smallest absolute Gasteiger partial charge is 0.228 e. The second kappa shape index (κ2) is 7.65. The minimum atomic E-state index is -0.0383. The minimum absolute atomic E-state index is 0.0162. The van der Waals surface area contributed by atoms with E-state index in [1.54, 1.807) is 10.9 Å². The van der Waals surface area contributed by atoms with Crippen LogP contribution < -0.4 is 5.32 Å². The van der Waals surface area contributed by atoms with Gasteiger partial charge in [-0.05, 0) is 30.5 Å². The topological polar surface area (TPSA) is 46.9 Å². The molecule has 1 heterocycles. The van der Waals surface area contributed by atoms with E-state index in [-0.39, 0.29) is 11.8 Å². The number of rotatable bonds is 6. The van der Waals surface area contributed by atoms with Crippen molar-refractivity contribution in [3.8, 4) is 0 Å². The van der Waals surface area contributed by atoms with Crippen LogP contribution in [-0.2, 0) is 11.3 Å². The molecule has 1 aromatic heterocycles. The number of anilines is 1. The van der Waals surface area contributed by atoms with Gasteiger partial charge in [-0.25, -0.2) is 0 Å². The van der Waals surface area contributed by atoms with Crippen LogP contribution in [-0.4, -0.2) is 15.7 Å². The molecule has 0 atom stereocenters. The standard InChI is InChI=1S/C16H19Cl2N3O/c1-3-12(4-2)16(22)19-15-14(18)10-21(20-15)9-11-5-7-13(17)8-6-11/h5-8,10,12H,3-4,9H2,1-2H3,(H,19,20,22). The number of benzene rings is 1. The van der Waals surface area contributed by atoms with Gasteiger partial charge in [-0.3, -0.25) is 9.48 Å². The molecule has 1 aromatic carbocycles. The average Bonchev–Trinajstić information content (AvgIpc) is 2.82. The van der Waals surface area contributed by atoms with Gasteiger partial charge in [0.05, 0.1) is 6.54 Å². The summed E-state index contributed by atoms with van der Waals surface area (Å²) < 4.78 is 1.70. The number of nitrogens with one attached hydrogen (secondary N) is 1. The van der Waals surface area contributed by atoms with Crippen LogP contribution in [0.3, 0.4) is 0 Å². The molecule has 1 amide bonds. The number of amides is 1. The van der Waals surface area contributed by atoms with Crippen LogP contribution in [0.4, 0.5) is 5.82 Å². The lowest BCUT2D eigenvalue weighted by Gasteiger charge is -2.11. The van der Waals surface area contributed by atoms with E-state index < -0.39 is 0 Å². The second-order valence-corrected chi connectivity index (χ2v) is 6.00. The lowest BCUT2D eigenvalue weighted by molar-refractivity contribution is -0.120. The summed E-state index contributed by atoms with van der Waals surface area (Å²) in [4.78, 5) is 12.1. The molecule has 0 saturated heterocycles. The minimum Gasteiger partial charge on any atom is -0.308 e. The first-order valence-electron chi connectivity index (χ1n) is 7.31. The van der Waals surface area contributed by atoms with Crippen LogP contribution in [0.1, 0.15) is 32.3 Å². The predicted octanol–water partition coefficient (Wildman–Crippen LogP) is 4.61. The third kappa shape index (κ3) is 4.24. The van der Waals surface area contributed by atoms with Crippen molar-refractivity contribution in [3.63, 3.8) is 0 Å². The molecule has 0 radical (unpaired) electrons. The van der Waals surface area contributed by atoms with Crippen molar-refractivity contribution in [3.05, 3.63) is 46.1 Å². The van der Waals surface area contributed by atoms with Gasteiger partial charge in [0.2, 0.25) is 5.91 Å². The number of carbonyl (C=O) groups is 1. The van der Waals surface area contributed by atoms with Crippen molar-refractivity contribution in [2.45, 2.75) is 33.2 Å². The average molecular weight is 340 g/mol. The van der Waals surface area contributed by atoms with E-state index in [1.807, 2.05) is 38.1 Å². The van der Waals surface area contributed by atoms with Gasteiger partial charge < -0.3 is 5.32 Å². The van der Waals surface area contributed by atoms with Crippen LogP contribution in [0, 0.1) is 5.92 Å². The second-order valence-electron chi connectivity index (χ2n) is 5.15. The van der Waals surface area contributed by atoms with Crippen molar-refractivity contribution >= 4 is 34.9 Å². The molecule has 0 aliphatic heterocycles. The molecule has 0 fully saturated rings. The largest absolute Gasteiger partial charge is 0.308 e. The number of carbonyl (C=O) groups excluding carboxylic acids is 1. The Kier molecular flexibility index (Phi) is 5.86. The Balaban J connectivity index is 2.07. The summed E-state index contributed by atoms with van der Waals surface area (Å²) in [6.07, 6.45) is 3.30. The molecule has 0 bridgehead atoms. The lowest BCUT2D eigenvalue weighted by Crippen LogP contribution is -2.22. The van der Waals surface area contributed by atoms with Gasteiger partial charge in [0.15, 0.2) is 5.82 Å². The SMILES string of the molecule is CCC(CC)C(=O)Nc1nn(Cc2ccc(Cl)cc2)cc1Cl. The molecule has 0 unspecified atom stereocenters. The molecule has 118 valence electrons. The van der Waals surface area contributed by atoms with E-state index in [2.05, 4.69) is 10.4 Å². The molecule has 1 N–H and O–H groups in total. The number of hydrogen-bond donors (Lipinski definition) is 1. The fraction of sp³-hybridized carbons (Fsp3) is 0.375. The van der Waals surface area contributed by atoms with E-state index >= 15 is 0 Å². The summed E-state index contributed by atoms with van der Waals surface area (Å²) in [6.45, 7) is 4.56. The monoisotopic (exact) mass is 339 g/mol. The third-order valence-electron chi connectivity index (χ3n) is 3.57. The highest BCUT2D eigenvalue weighted by Gasteiger charge is 2.17. The molecule has 0 saturated carbocycles. The first-order chi connectivity index (χ1) is 10.5. The van der Waals surface area contributed by atoms with E-state index in [0.29, 0.717) is 22.4 Å². The normalized spacial score (nSPS) is 11.0. The molecular formula is C16H19Cl2N3O. The van der Waals surface area contributed by atoms with Crippen molar-refractivity contribution in [2.75, 3.05) is 5.32 Å². The third-order valence-corrected chi connectivity index (χ3v) is 4.10. The highest BCUT2D eigenvalue weighted by Crippen LogP contribution is 2.22. The maximum absolute atomic E-state index is 12.1. The summed E-state index contributed by atoms with van der Waals surface area (Å²) in [7, 11) is 0. The Bertz CT molecular complexity index is 633. The summed E-state index contributed by atoms with van der Waals surface area (Å²) in [5.41, 5.74) is 1.06. The maximum Gasteiger partial charge on any atom is 0.228 e. The van der Waals surface area contributed by atoms with Gasteiger partial charge in [-0.15, -0.1) is 0 Å². The fourth-order valence-corrected chi connectivity index (χ4v) is 2.54. The molecule has 2 rings (SSSR count). The Morgan fingerprint density at radius 2 is 1.86 bits per heavy atom. The number of hydrogen-bond acceptors (Lipinski definition) is 2. The van der Waals surface area contributed by atoms with Gasteiger partial charge >= 0.3 is 0 Å². The molecular weight excluding hydrogens is 321 g/mol. The van der Waals surface area contributed by atoms with Crippen LogP contribution in [0.15, 0.2) is 30.5 Å². The van der Waals surface area contributed by atoms with Gasteiger partial charge in [-0.2, -0.15) is 5.10 Å². The Morgan fingerprint density at radius 1 is 1.23 bits per heavy atom. The first-order valence-corrected chi connectivity index (χ1v) is 8.07. The number of aromatic nitrogens is 2. The molecule has 4 nitrogen and oxygen atoms in total. The molecule has 0 aliphatic carbocycles. The highest BCUT2D eigenvalue weighted by atomic mass is 35.5. The van der Waals surface area contributed by atoms with Crippen LogP contribution in [0.25, 0.3) is 0 Å². The summed E-state index contributed by atoms with van der Waals surface area (Å²) >= 11 is 12.0. The molecule has 0 aliphatic rings. The Hall–Kier alpha value is -1.52. The van der Waals surface area contributed by atoms with Crippen molar-refractivity contribution in [1.82, 2.24) is 9.78 Å². The van der Waals surface area contributed by atoms with Gasteiger partial charge in [-0.1, -0.05) is 49.2 Å². The van der Waals surface area contributed by atoms with E-state index in [0.717, 1.165) is 18.4 Å². The van der Waals surface area contributed by atoms with Crippen molar-refractivity contribution in [2.24, 2.45) is 5.92 Å². The highest BCUT2D eigenvalue weighted by molar-refractivity contribution is 6.33. The van der Waals surface area contributed by atoms with Gasteiger partial charge in [0, 0.05) is 17.1 Å². The molecule has 6 heteroatoms. The first kappa shape index (κ1) is 16.8.